The molecule has 0 amide bonds. The van der Waals surface area contributed by atoms with E-state index in [-0.39, 0.29) is 0 Å². The van der Waals surface area contributed by atoms with Crippen LogP contribution in [-0.2, 0) is 0 Å². The molecule has 0 fully saturated rings. The molecule has 1 aromatic heterocycles. The average molecular weight is 263 g/mol. The second kappa shape index (κ2) is 8.16. The van der Waals surface area contributed by atoms with Gasteiger partial charge in [0.1, 0.15) is 0 Å². The third kappa shape index (κ3) is 4.83. The first-order chi connectivity index (χ1) is 9.12. The zero-order chi connectivity index (χ0) is 14.3. The maximum atomic E-state index is 4.62. The average Bonchev–Trinajstić information content (AvgIpc) is 2.44. The molecule has 2 atom stereocenters. The topological polar surface area (TPSA) is 28.2 Å². The largest absolute Gasteiger partial charge is 0.373 e. The standard InChI is InChI=1S/C16H29N3/c1-6-13(4)12-19(5)14-9-10-16(18-11-14)15(7-2)17-8-3/h9-11,13,15,17H,6-8,12H2,1-5H3. The molecule has 0 saturated carbocycles. The zero-order valence-electron chi connectivity index (χ0n) is 13.1. The van der Waals surface area contributed by atoms with Gasteiger partial charge in [-0.05, 0) is 31.0 Å². The van der Waals surface area contributed by atoms with Crippen molar-refractivity contribution in [1.82, 2.24) is 10.3 Å². The first-order valence-corrected chi connectivity index (χ1v) is 7.52. The number of pyridine rings is 1. The van der Waals surface area contributed by atoms with Crippen LogP contribution in [0.2, 0.25) is 0 Å². The van der Waals surface area contributed by atoms with E-state index in [1.165, 1.54) is 12.1 Å². The van der Waals surface area contributed by atoms with Crippen LogP contribution in [-0.4, -0.2) is 25.1 Å². The Morgan fingerprint density at radius 1 is 1.21 bits per heavy atom. The molecule has 0 saturated heterocycles. The van der Waals surface area contributed by atoms with Crippen molar-refractivity contribution >= 4 is 5.69 Å². The van der Waals surface area contributed by atoms with E-state index >= 15 is 0 Å². The summed E-state index contributed by atoms with van der Waals surface area (Å²) in [6.45, 7) is 10.9. The number of anilines is 1. The third-order valence-electron chi connectivity index (χ3n) is 3.71. The number of nitrogens with zero attached hydrogens (tertiary/aromatic N) is 2. The van der Waals surface area contributed by atoms with E-state index in [2.05, 4.69) is 62.1 Å². The van der Waals surface area contributed by atoms with Crippen LogP contribution < -0.4 is 10.2 Å². The molecule has 0 aliphatic heterocycles. The first kappa shape index (κ1) is 16.0. The van der Waals surface area contributed by atoms with E-state index in [9.17, 15) is 0 Å². The second-order valence-electron chi connectivity index (χ2n) is 5.35. The van der Waals surface area contributed by atoms with Gasteiger partial charge in [-0.1, -0.05) is 34.1 Å². The Morgan fingerprint density at radius 3 is 2.42 bits per heavy atom. The Balaban J connectivity index is 2.69. The Labute approximate surface area is 118 Å². The minimum absolute atomic E-state index is 0.374. The summed E-state index contributed by atoms with van der Waals surface area (Å²) in [6, 6.07) is 4.71. The number of hydrogen-bond acceptors (Lipinski definition) is 3. The molecule has 3 heteroatoms. The van der Waals surface area contributed by atoms with Gasteiger partial charge in [0.15, 0.2) is 0 Å². The third-order valence-corrected chi connectivity index (χ3v) is 3.71. The summed E-state index contributed by atoms with van der Waals surface area (Å²) in [5, 5.41) is 3.46. The predicted molar refractivity (Wildman–Crippen MR) is 83.7 cm³/mol. The van der Waals surface area contributed by atoms with E-state index in [1.54, 1.807) is 0 Å². The van der Waals surface area contributed by atoms with Gasteiger partial charge in [-0.3, -0.25) is 4.98 Å². The van der Waals surface area contributed by atoms with Crippen molar-refractivity contribution in [2.45, 2.75) is 46.6 Å². The molecule has 0 aliphatic rings. The molecule has 1 heterocycles. The number of nitrogens with one attached hydrogen (secondary N) is 1. The highest BCUT2D eigenvalue weighted by Gasteiger charge is 2.10. The highest BCUT2D eigenvalue weighted by Crippen LogP contribution is 2.18. The predicted octanol–water partition coefficient (Wildman–Crippen LogP) is 3.62. The summed E-state index contributed by atoms with van der Waals surface area (Å²) >= 11 is 0. The maximum absolute atomic E-state index is 4.62. The van der Waals surface area contributed by atoms with Crippen LogP contribution in [0.1, 0.15) is 52.3 Å². The maximum Gasteiger partial charge on any atom is 0.0574 e. The molecule has 0 aliphatic carbocycles. The SMILES string of the molecule is CCNC(CC)c1ccc(N(C)CC(C)CC)cn1. The lowest BCUT2D eigenvalue weighted by atomic mass is 10.1. The minimum atomic E-state index is 0.374. The van der Waals surface area contributed by atoms with Gasteiger partial charge in [0.2, 0.25) is 0 Å². The van der Waals surface area contributed by atoms with E-state index in [4.69, 9.17) is 0 Å². The van der Waals surface area contributed by atoms with Gasteiger partial charge in [0.25, 0.3) is 0 Å². The van der Waals surface area contributed by atoms with E-state index in [1.807, 2.05) is 6.20 Å². The van der Waals surface area contributed by atoms with E-state index < -0.39 is 0 Å². The number of aromatic nitrogens is 1. The second-order valence-corrected chi connectivity index (χ2v) is 5.35. The van der Waals surface area contributed by atoms with Crippen LogP contribution in [0.25, 0.3) is 0 Å². The summed E-state index contributed by atoms with van der Waals surface area (Å²) < 4.78 is 0. The minimum Gasteiger partial charge on any atom is -0.373 e. The summed E-state index contributed by atoms with van der Waals surface area (Å²) in [5.41, 5.74) is 2.35. The summed E-state index contributed by atoms with van der Waals surface area (Å²) in [5.74, 6) is 0.717. The van der Waals surface area contributed by atoms with Gasteiger partial charge in [-0.2, -0.15) is 0 Å². The summed E-state index contributed by atoms with van der Waals surface area (Å²) in [4.78, 5) is 6.91. The molecule has 1 aromatic rings. The van der Waals surface area contributed by atoms with Gasteiger partial charge in [-0.15, -0.1) is 0 Å². The molecule has 0 radical (unpaired) electrons. The Morgan fingerprint density at radius 2 is 1.95 bits per heavy atom. The van der Waals surface area contributed by atoms with Crippen molar-refractivity contribution < 1.29 is 0 Å². The molecule has 19 heavy (non-hydrogen) atoms. The summed E-state index contributed by atoms with van der Waals surface area (Å²) in [7, 11) is 2.14. The first-order valence-electron chi connectivity index (χ1n) is 7.52. The van der Waals surface area contributed by atoms with Crippen molar-refractivity contribution in [3.8, 4) is 0 Å². The van der Waals surface area contributed by atoms with Crippen LogP contribution >= 0.6 is 0 Å². The molecule has 0 spiro atoms. The van der Waals surface area contributed by atoms with Crippen LogP contribution in [0.15, 0.2) is 18.3 Å². The van der Waals surface area contributed by atoms with Crippen molar-refractivity contribution in [1.29, 1.82) is 0 Å². The molecule has 1 rings (SSSR count). The molecular weight excluding hydrogens is 234 g/mol. The summed E-state index contributed by atoms with van der Waals surface area (Å²) in [6.07, 6.45) is 4.29. The molecule has 108 valence electrons. The lowest BCUT2D eigenvalue weighted by molar-refractivity contribution is 0.524. The highest BCUT2D eigenvalue weighted by molar-refractivity contribution is 5.43. The van der Waals surface area contributed by atoms with Crippen LogP contribution in [0.5, 0.6) is 0 Å². The number of hydrogen-bond donors (Lipinski definition) is 1. The fraction of sp³-hybridized carbons (Fsp3) is 0.688. The van der Waals surface area contributed by atoms with Gasteiger partial charge in [-0.25, -0.2) is 0 Å². The van der Waals surface area contributed by atoms with E-state index in [0.717, 1.165) is 31.1 Å². The molecule has 3 nitrogen and oxygen atoms in total. The zero-order valence-corrected chi connectivity index (χ0v) is 13.1. The van der Waals surface area contributed by atoms with Crippen molar-refractivity contribution in [2.24, 2.45) is 5.92 Å². The Hall–Kier alpha value is -1.09. The van der Waals surface area contributed by atoms with Crippen LogP contribution in [0.3, 0.4) is 0 Å². The van der Waals surface area contributed by atoms with Crippen LogP contribution in [0.4, 0.5) is 5.69 Å². The normalized spacial score (nSPS) is 14.2. The fourth-order valence-corrected chi connectivity index (χ4v) is 2.24. The molecule has 0 bridgehead atoms. The van der Waals surface area contributed by atoms with E-state index in [0.29, 0.717) is 6.04 Å². The highest BCUT2D eigenvalue weighted by atomic mass is 15.1. The Bertz CT molecular complexity index is 348. The molecule has 1 N–H and O–H groups in total. The van der Waals surface area contributed by atoms with Gasteiger partial charge in [0, 0.05) is 19.6 Å². The van der Waals surface area contributed by atoms with Gasteiger partial charge >= 0.3 is 0 Å². The van der Waals surface area contributed by atoms with Crippen molar-refractivity contribution in [3.05, 3.63) is 24.0 Å². The van der Waals surface area contributed by atoms with Crippen LogP contribution in [0, 0.1) is 5.92 Å². The molecule has 0 aromatic carbocycles. The lowest BCUT2D eigenvalue weighted by Gasteiger charge is -2.23. The van der Waals surface area contributed by atoms with Gasteiger partial charge in [0.05, 0.1) is 17.6 Å². The smallest absolute Gasteiger partial charge is 0.0574 e. The molecular formula is C16H29N3. The number of rotatable bonds is 8. The van der Waals surface area contributed by atoms with Crippen molar-refractivity contribution in [3.63, 3.8) is 0 Å². The quantitative estimate of drug-likeness (QED) is 0.776. The monoisotopic (exact) mass is 263 g/mol. The fourth-order valence-electron chi connectivity index (χ4n) is 2.24. The van der Waals surface area contributed by atoms with Crippen molar-refractivity contribution in [2.75, 3.05) is 25.0 Å². The Kier molecular flexibility index (Phi) is 6.85. The molecule has 2 unspecified atom stereocenters. The van der Waals surface area contributed by atoms with Gasteiger partial charge < -0.3 is 10.2 Å². The lowest BCUT2D eigenvalue weighted by Crippen LogP contribution is -2.24.